The first-order valence-electron chi connectivity index (χ1n) is 9.44. The summed E-state index contributed by atoms with van der Waals surface area (Å²) >= 11 is 1.17. The predicted octanol–water partition coefficient (Wildman–Crippen LogP) is 2.34. The Bertz CT molecular complexity index is 975. The number of amidine groups is 1. The van der Waals surface area contributed by atoms with Gasteiger partial charge >= 0.3 is 6.09 Å². The van der Waals surface area contributed by atoms with Gasteiger partial charge in [0.1, 0.15) is 11.4 Å². The summed E-state index contributed by atoms with van der Waals surface area (Å²) in [6.07, 6.45) is -0.701. The summed E-state index contributed by atoms with van der Waals surface area (Å²) in [5.74, 6) is -1.18. The zero-order chi connectivity index (χ0) is 22.1. The number of hydrogen-bond donors (Lipinski definition) is 1. The maximum atomic E-state index is 14.4. The van der Waals surface area contributed by atoms with Crippen LogP contribution < -0.4 is 10.2 Å². The fraction of sp³-hybridized carbons (Fsp3) is 0.526. The van der Waals surface area contributed by atoms with Crippen molar-refractivity contribution in [2.75, 3.05) is 23.0 Å². The number of ether oxygens (including phenoxy) is 1. The normalized spacial score (nSPS) is 24.0. The van der Waals surface area contributed by atoms with E-state index >= 15 is 0 Å². The first-order valence-corrected chi connectivity index (χ1v) is 12.1. The van der Waals surface area contributed by atoms with Crippen LogP contribution in [0, 0.1) is 5.82 Å². The first kappa shape index (κ1) is 22.5. The number of para-hydroxylation sites is 1. The predicted molar refractivity (Wildman–Crippen MR) is 114 cm³/mol. The second kappa shape index (κ2) is 8.54. The van der Waals surface area contributed by atoms with Gasteiger partial charge in [-0.05, 0) is 32.9 Å². The molecule has 1 N–H and O–H groups in total. The van der Waals surface area contributed by atoms with Crippen molar-refractivity contribution in [1.82, 2.24) is 5.32 Å². The molecule has 0 aromatic heterocycles. The maximum Gasteiger partial charge on any atom is 0.407 e. The fourth-order valence-corrected chi connectivity index (χ4v) is 7.17. The number of carbonyl (C=O) groups excluding carboxylic acids is 2. The van der Waals surface area contributed by atoms with Crippen LogP contribution in [0.4, 0.5) is 14.9 Å². The average Bonchev–Trinajstić information content (AvgIpc) is 3.05. The van der Waals surface area contributed by atoms with Crippen LogP contribution in [0.1, 0.15) is 27.2 Å². The van der Waals surface area contributed by atoms with Crippen molar-refractivity contribution in [3.8, 4) is 0 Å². The molecule has 0 spiro atoms. The molecular formula is C19H24FN3O5S2. The third-order valence-corrected chi connectivity index (χ3v) is 7.62. The van der Waals surface area contributed by atoms with E-state index in [2.05, 4.69) is 10.3 Å². The zero-order valence-electron chi connectivity index (χ0n) is 16.9. The van der Waals surface area contributed by atoms with E-state index in [1.807, 2.05) is 0 Å². The number of thioether (sulfide) groups is 1. The molecule has 1 aromatic carbocycles. The van der Waals surface area contributed by atoms with Gasteiger partial charge in [-0.2, -0.15) is 4.99 Å². The highest BCUT2D eigenvalue weighted by Gasteiger charge is 2.49. The molecule has 2 fully saturated rings. The number of aliphatic imine (C=N–C) groups is 1. The Kier molecular flexibility index (Phi) is 6.42. The van der Waals surface area contributed by atoms with Crippen molar-refractivity contribution in [3.05, 3.63) is 30.1 Å². The smallest absolute Gasteiger partial charge is 0.407 e. The molecule has 2 aliphatic heterocycles. The van der Waals surface area contributed by atoms with Gasteiger partial charge in [-0.1, -0.05) is 23.9 Å². The Morgan fingerprint density at radius 1 is 1.30 bits per heavy atom. The molecule has 2 atom stereocenters. The fourth-order valence-electron chi connectivity index (χ4n) is 3.24. The van der Waals surface area contributed by atoms with Gasteiger partial charge in [0.2, 0.25) is 5.91 Å². The van der Waals surface area contributed by atoms with Crippen molar-refractivity contribution >= 4 is 44.5 Å². The lowest BCUT2D eigenvalue weighted by Gasteiger charge is -2.24. The lowest BCUT2D eigenvalue weighted by atomic mass is 10.2. The van der Waals surface area contributed by atoms with Crippen molar-refractivity contribution in [1.29, 1.82) is 0 Å². The SMILES string of the molecule is CC(C)(C)OC(=O)NCCC(=O)N=C1S[C@@H]2CS(=O)(=O)C[C@@H]2N1c1ccccc1F. The lowest BCUT2D eigenvalue weighted by molar-refractivity contribution is -0.117. The van der Waals surface area contributed by atoms with Crippen molar-refractivity contribution in [2.45, 2.75) is 44.1 Å². The van der Waals surface area contributed by atoms with Gasteiger partial charge in [-0.3, -0.25) is 4.79 Å². The van der Waals surface area contributed by atoms with Crippen molar-refractivity contribution in [2.24, 2.45) is 4.99 Å². The molecule has 2 amide bonds. The van der Waals surface area contributed by atoms with Gasteiger partial charge in [0, 0.05) is 18.2 Å². The second-order valence-electron chi connectivity index (χ2n) is 8.09. The Morgan fingerprint density at radius 2 is 2.00 bits per heavy atom. The van der Waals surface area contributed by atoms with E-state index in [4.69, 9.17) is 4.74 Å². The van der Waals surface area contributed by atoms with Crippen molar-refractivity contribution < 1.29 is 27.1 Å². The van der Waals surface area contributed by atoms with Crippen LogP contribution >= 0.6 is 11.8 Å². The van der Waals surface area contributed by atoms with Crippen LogP contribution in [0.3, 0.4) is 0 Å². The minimum Gasteiger partial charge on any atom is -0.444 e. The third-order valence-electron chi connectivity index (χ3n) is 4.41. The zero-order valence-corrected chi connectivity index (χ0v) is 18.6. The minimum absolute atomic E-state index is 0.0378. The number of hydrogen-bond acceptors (Lipinski definition) is 6. The average molecular weight is 458 g/mol. The van der Waals surface area contributed by atoms with Gasteiger partial charge in [0.25, 0.3) is 0 Å². The summed E-state index contributed by atoms with van der Waals surface area (Å²) in [4.78, 5) is 29.6. The highest BCUT2D eigenvalue weighted by Crippen LogP contribution is 2.41. The molecule has 3 rings (SSSR count). The number of carbonyl (C=O) groups is 2. The Balaban J connectivity index is 1.72. The summed E-state index contributed by atoms with van der Waals surface area (Å²) in [6.45, 7) is 5.23. The third kappa shape index (κ3) is 5.51. The van der Waals surface area contributed by atoms with Crippen LogP contribution in [-0.4, -0.2) is 60.5 Å². The molecule has 0 bridgehead atoms. The van der Waals surface area contributed by atoms with Gasteiger partial charge < -0.3 is 15.0 Å². The summed E-state index contributed by atoms with van der Waals surface area (Å²) in [5, 5.41) is 2.44. The van der Waals surface area contributed by atoms with E-state index in [1.54, 1.807) is 26.8 Å². The monoisotopic (exact) mass is 457 g/mol. The molecule has 11 heteroatoms. The summed E-state index contributed by atoms with van der Waals surface area (Å²) < 4.78 is 43.6. The maximum absolute atomic E-state index is 14.4. The number of fused-ring (bicyclic) bond motifs is 1. The molecule has 0 aliphatic carbocycles. The molecule has 2 aliphatic rings. The molecular weight excluding hydrogens is 433 g/mol. The number of nitrogens with one attached hydrogen (secondary N) is 1. The number of halogens is 1. The standard InChI is InChI=1S/C19H24FN3O5S2/c1-19(2,3)28-18(25)21-9-8-16(24)22-17-23(13-7-5-4-6-12(13)20)14-10-30(26,27)11-15(14)29-17/h4-7,14-15H,8-11H2,1-3H3,(H,21,25)/t14-,15+/m0/s1. The van der Waals surface area contributed by atoms with Gasteiger partial charge in [0.05, 0.1) is 23.2 Å². The first-order chi connectivity index (χ1) is 14.0. The lowest BCUT2D eigenvalue weighted by Crippen LogP contribution is -2.38. The Labute approximate surface area is 179 Å². The number of alkyl carbamates (subject to hydrolysis) is 1. The molecule has 164 valence electrons. The van der Waals surface area contributed by atoms with Gasteiger partial charge in [-0.25, -0.2) is 17.6 Å². The molecule has 30 heavy (non-hydrogen) atoms. The molecule has 8 nitrogen and oxygen atoms in total. The molecule has 0 unspecified atom stereocenters. The quantitative estimate of drug-likeness (QED) is 0.740. The van der Waals surface area contributed by atoms with Crippen LogP contribution in [-0.2, 0) is 19.4 Å². The molecule has 0 radical (unpaired) electrons. The van der Waals surface area contributed by atoms with E-state index in [9.17, 15) is 22.4 Å². The molecule has 2 heterocycles. The molecule has 2 saturated heterocycles. The largest absolute Gasteiger partial charge is 0.444 e. The summed E-state index contributed by atoms with van der Waals surface area (Å²) in [7, 11) is -3.24. The number of sulfone groups is 1. The van der Waals surface area contributed by atoms with Gasteiger partial charge in [0.15, 0.2) is 15.0 Å². The summed E-state index contributed by atoms with van der Waals surface area (Å²) in [6, 6.07) is 5.51. The van der Waals surface area contributed by atoms with Crippen LogP contribution in [0.15, 0.2) is 29.3 Å². The number of nitrogens with zero attached hydrogens (tertiary/aromatic N) is 2. The van der Waals surface area contributed by atoms with E-state index in [0.717, 1.165) is 0 Å². The van der Waals surface area contributed by atoms with E-state index < -0.39 is 39.3 Å². The van der Waals surface area contributed by atoms with Crippen LogP contribution in [0.25, 0.3) is 0 Å². The molecule has 1 aromatic rings. The topological polar surface area (TPSA) is 105 Å². The number of anilines is 1. The number of rotatable bonds is 4. The van der Waals surface area contributed by atoms with Crippen molar-refractivity contribution in [3.63, 3.8) is 0 Å². The number of benzene rings is 1. The highest BCUT2D eigenvalue weighted by atomic mass is 32.2. The Hall–Kier alpha value is -2.14. The molecule has 0 saturated carbocycles. The van der Waals surface area contributed by atoms with Crippen LogP contribution in [0.5, 0.6) is 0 Å². The minimum atomic E-state index is -3.24. The Morgan fingerprint density at radius 3 is 2.67 bits per heavy atom. The van der Waals surface area contributed by atoms with E-state index in [-0.39, 0.29) is 40.6 Å². The highest BCUT2D eigenvalue weighted by molar-refractivity contribution is 8.16. The summed E-state index contributed by atoms with van der Waals surface area (Å²) in [5.41, 5.74) is -0.458. The van der Waals surface area contributed by atoms with E-state index in [1.165, 1.54) is 34.9 Å². The van der Waals surface area contributed by atoms with Gasteiger partial charge in [-0.15, -0.1) is 0 Å². The van der Waals surface area contributed by atoms with E-state index in [0.29, 0.717) is 0 Å². The second-order valence-corrected chi connectivity index (χ2v) is 11.4. The number of amides is 2. The van der Waals surface area contributed by atoms with Crippen LogP contribution in [0.2, 0.25) is 0 Å².